The highest BCUT2D eigenvalue weighted by molar-refractivity contribution is 7.99. The molecule has 2 atom stereocenters. The molecule has 2 fully saturated rings. The van der Waals surface area contributed by atoms with E-state index < -0.39 is 12.2 Å². The first-order chi connectivity index (χ1) is 9.52. The van der Waals surface area contributed by atoms with Crippen LogP contribution in [0, 0.1) is 5.92 Å². The Balaban J connectivity index is 1.94. The van der Waals surface area contributed by atoms with Crippen LogP contribution in [-0.4, -0.2) is 47.5 Å². The highest BCUT2D eigenvalue weighted by atomic mass is 32.2. The molecular formula is C13H18N2O3S2. The van der Waals surface area contributed by atoms with Gasteiger partial charge in [-0.15, -0.1) is 23.1 Å². The van der Waals surface area contributed by atoms with Gasteiger partial charge in [0.1, 0.15) is 5.00 Å². The van der Waals surface area contributed by atoms with Crippen LogP contribution in [-0.2, 0) is 0 Å². The van der Waals surface area contributed by atoms with E-state index in [0.29, 0.717) is 23.7 Å². The second-order valence-corrected chi connectivity index (χ2v) is 7.18. The van der Waals surface area contributed by atoms with Gasteiger partial charge in [0.05, 0.1) is 27.7 Å². The maximum Gasteiger partial charge on any atom is 0.178 e. The third-order valence-corrected chi connectivity index (χ3v) is 6.04. The summed E-state index contributed by atoms with van der Waals surface area (Å²) >= 11 is 2.91. The number of thiophene rings is 1. The number of β-amino-alcohol motifs (C(OH)–C–C–N with tert-alkyl or cyclic N) is 2. The van der Waals surface area contributed by atoms with Gasteiger partial charge in [-0.2, -0.15) is 0 Å². The topological polar surface area (TPSA) is 86.8 Å². The molecule has 0 amide bonds. The van der Waals surface area contributed by atoms with Gasteiger partial charge in [0.2, 0.25) is 0 Å². The summed E-state index contributed by atoms with van der Waals surface area (Å²) in [5, 5.41) is 20.3. The van der Waals surface area contributed by atoms with Gasteiger partial charge >= 0.3 is 0 Å². The molecule has 20 heavy (non-hydrogen) atoms. The van der Waals surface area contributed by atoms with E-state index in [9.17, 15) is 15.0 Å². The zero-order valence-corrected chi connectivity index (χ0v) is 12.8. The summed E-state index contributed by atoms with van der Waals surface area (Å²) < 4.78 is 0. The van der Waals surface area contributed by atoms with Crippen LogP contribution in [0.15, 0.2) is 4.90 Å². The number of carbonyl (C=O) groups excluding carboxylic acids is 1. The first-order valence-corrected chi connectivity index (χ1v) is 8.68. The molecular weight excluding hydrogens is 296 g/mol. The molecule has 0 radical (unpaired) electrons. The molecule has 1 aliphatic heterocycles. The molecule has 110 valence electrons. The van der Waals surface area contributed by atoms with Gasteiger partial charge in [-0.05, 0) is 19.1 Å². The van der Waals surface area contributed by atoms with E-state index >= 15 is 0 Å². The van der Waals surface area contributed by atoms with Crippen molar-refractivity contribution in [1.82, 2.24) is 0 Å². The molecule has 0 spiro atoms. The van der Waals surface area contributed by atoms with E-state index in [1.165, 1.54) is 23.1 Å². The van der Waals surface area contributed by atoms with E-state index in [1.54, 1.807) is 0 Å². The van der Waals surface area contributed by atoms with Crippen molar-refractivity contribution >= 4 is 39.6 Å². The third-order valence-electron chi connectivity index (χ3n) is 3.80. The van der Waals surface area contributed by atoms with E-state index in [-0.39, 0.29) is 11.7 Å². The van der Waals surface area contributed by atoms with Crippen molar-refractivity contribution in [2.24, 2.45) is 5.92 Å². The summed E-state index contributed by atoms with van der Waals surface area (Å²) in [6.07, 6.45) is 2.37. The Morgan fingerprint density at radius 3 is 2.45 bits per heavy atom. The Morgan fingerprint density at radius 1 is 1.35 bits per heavy atom. The number of carbonyl (C=O) groups is 1. The number of nitrogens with two attached hydrogens (primary N) is 1. The summed E-state index contributed by atoms with van der Waals surface area (Å²) in [5.74, 6) is 0.294. The van der Waals surface area contributed by atoms with Crippen molar-refractivity contribution in [2.45, 2.75) is 29.9 Å². The zero-order chi connectivity index (χ0) is 14.4. The number of anilines is 2. The lowest BCUT2D eigenvalue weighted by atomic mass is 10.2. The van der Waals surface area contributed by atoms with Crippen LogP contribution in [0.2, 0.25) is 0 Å². The van der Waals surface area contributed by atoms with Crippen molar-refractivity contribution in [3.05, 3.63) is 4.88 Å². The molecule has 0 aromatic carbocycles. The second kappa shape index (κ2) is 5.22. The van der Waals surface area contributed by atoms with Gasteiger partial charge in [-0.25, -0.2) is 0 Å². The summed E-state index contributed by atoms with van der Waals surface area (Å²) in [6.45, 7) is 0.761. The normalized spacial score (nSPS) is 26.2. The predicted octanol–water partition coefficient (Wildman–Crippen LogP) is 1.19. The number of hydrogen-bond acceptors (Lipinski definition) is 7. The Bertz CT molecular complexity index is 532. The number of aliphatic hydroxyl groups is 2. The fourth-order valence-electron chi connectivity index (χ4n) is 2.47. The lowest BCUT2D eigenvalue weighted by Gasteiger charge is -2.16. The van der Waals surface area contributed by atoms with Crippen molar-refractivity contribution in [1.29, 1.82) is 0 Å². The minimum atomic E-state index is -0.740. The van der Waals surface area contributed by atoms with Gasteiger partial charge in [0.15, 0.2) is 5.78 Å². The molecule has 1 aliphatic carbocycles. The van der Waals surface area contributed by atoms with Crippen LogP contribution in [0.3, 0.4) is 0 Å². The van der Waals surface area contributed by atoms with E-state index in [2.05, 4.69) is 0 Å². The molecule has 1 saturated carbocycles. The molecule has 7 heteroatoms. The molecule has 2 heterocycles. The number of nitrogen functional groups attached to an aromatic ring is 1. The summed E-state index contributed by atoms with van der Waals surface area (Å²) in [5.41, 5.74) is 6.70. The molecule has 2 aliphatic rings. The second-order valence-electron chi connectivity index (χ2n) is 5.36. The standard InChI is InChI=1S/C13H18N2O3S2/c1-19-12-9(14)11(10(18)6-2-3-6)20-13(12)15-4-7(16)8(17)5-15/h6-8,16-17H,2-5,14H2,1H3. The maximum atomic E-state index is 12.3. The van der Waals surface area contributed by atoms with Crippen LogP contribution >= 0.6 is 23.1 Å². The first-order valence-electron chi connectivity index (χ1n) is 6.64. The van der Waals surface area contributed by atoms with Crippen LogP contribution in [0.5, 0.6) is 0 Å². The van der Waals surface area contributed by atoms with Crippen molar-refractivity contribution in [3.63, 3.8) is 0 Å². The summed E-state index contributed by atoms with van der Waals surface area (Å²) in [4.78, 5) is 15.7. The van der Waals surface area contributed by atoms with Gasteiger partial charge < -0.3 is 20.8 Å². The van der Waals surface area contributed by atoms with E-state index in [0.717, 1.165) is 22.7 Å². The highest BCUT2D eigenvalue weighted by Gasteiger charge is 2.37. The quantitative estimate of drug-likeness (QED) is 0.571. The fraction of sp³-hybridized carbons (Fsp3) is 0.615. The average Bonchev–Trinajstić information content (AvgIpc) is 3.14. The van der Waals surface area contributed by atoms with Crippen molar-refractivity contribution in [2.75, 3.05) is 30.0 Å². The van der Waals surface area contributed by atoms with Gasteiger partial charge in [-0.3, -0.25) is 4.79 Å². The van der Waals surface area contributed by atoms with E-state index in [4.69, 9.17) is 5.73 Å². The van der Waals surface area contributed by atoms with Crippen molar-refractivity contribution < 1.29 is 15.0 Å². The number of nitrogens with zero attached hydrogens (tertiary/aromatic N) is 1. The van der Waals surface area contributed by atoms with Gasteiger partial charge in [0, 0.05) is 19.0 Å². The molecule has 3 rings (SSSR count). The SMILES string of the molecule is CSc1c(N2CC(O)C(O)C2)sc(C(=O)C2CC2)c1N. The van der Waals surface area contributed by atoms with Crippen LogP contribution in [0.25, 0.3) is 0 Å². The van der Waals surface area contributed by atoms with Gasteiger partial charge in [0.25, 0.3) is 0 Å². The monoisotopic (exact) mass is 314 g/mol. The van der Waals surface area contributed by atoms with E-state index in [1.807, 2.05) is 11.2 Å². The zero-order valence-electron chi connectivity index (χ0n) is 11.2. The van der Waals surface area contributed by atoms with Crippen LogP contribution in [0.1, 0.15) is 22.5 Å². The average molecular weight is 314 g/mol. The van der Waals surface area contributed by atoms with Crippen molar-refractivity contribution in [3.8, 4) is 0 Å². The molecule has 5 nitrogen and oxygen atoms in total. The molecule has 1 saturated heterocycles. The number of hydrogen-bond donors (Lipinski definition) is 3. The number of rotatable bonds is 4. The smallest absolute Gasteiger partial charge is 0.178 e. The Hall–Kier alpha value is -0.760. The number of ketones is 1. The number of Topliss-reactive ketones (excluding diaryl/α,β-unsaturated/α-hetero) is 1. The minimum Gasteiger partial charge on any atom is -0.396 e. The Labute approximate surface area is 125 Å². The third kappa shape index (κ3) is 2.32. The fourth-order valence-corrected chi connectivity index (χ4v) is 4.69. The van der Waals surface area contributed by atoms with Gasteiger partial charge in [-0.1, -0.05) is 0 Å². The summed E-state index contributed by atoms with van der Waals surface area (Å²) in [6, 6.07) is 0. The molecule has 0 bridgehead atoms. The van der Waals surface area contributed by atoms with Crippen LogP contribution < -0.4 is 10.6 Å². The molecule has 1 aromatic heterocycles. The molecule has 1 aromatic rings. The number of thioether (sulfide) groups is 1. The molecule has 2 unspecified atom stereocenters. The van der Waals surface area contributed by atoms with Crippen LogP contribution in [0.4, 0.5) is 10.7 Å². The maximum absolute atomic E-state index is 12.3. The first kappa shape index (κ1) is 14.2. The number of aliphatic hydroxyl groups excluding tert-OH is 2. The predicted molar refractivity (Wildman–Crippen MR) is 81.8 cm³/mol. The summed E-state index contributed by atoms with van der Waals surface area (Å²) in [7, 11) is 0. The molecule has 4 N–H and O–H groups in total. The Kier molecular flexibility index (Phi) is 3.70. The highest BCUT2D eigenvalue weighted by Crippen LogP contribution is 2.47. The lowest BCUT2D eigenvalue weighted by molar-refractivity contribution is 0.0572. The lowest BCUT2D eigenvalue weighted by Crippen LogP contribution is -2.22. The Morgan fingerprint density at radius 2 is 1.95 bits per heavy atom. The largest absolute Gasteiger partial charge is 0.396 e. The minimum absolute atomic E-state index is 0.147.